The number of carbonyl (C=O) groups excluding carboxylic acids is 2. The molecule has 0 radical (unpaired) electrons. The second-order valence-electron chi connectivity index (χ2n) is 5.69. The number of esters is 2. The molecule has 3 rings (SSSR count). The molecule has 2 aromatic carbocycles. The van der Waals surface area contributed by atoms with Gasteiger partial charge in [0.1, 0.15) is 29.3 Å². The lowest BCUT2D eigenvalue weighted by Gasteiger charge is -2.06. The third-order valence-corrected chi connectivity index (χ3v) is 4.19. The Labute approximate surface area is 160 Å². The molecule has 7 heteroatoms. The van der Waals surface area contributed by atoms with Crippen molar-refractivity contribution in [1.82, 2.24) is 0 Å². The fourth-order valence-corrected chi connectivity index (χ4v) is 2.81. The van der Waals surface area contributed by atoms with Crippen molar-refractivity contribution >= 4 is 34.5 Å². The Morgan fingerprint density at radius 2 is 1.85 bits per heavy atom. The van der Waals surface area contributed by atoms with E-state index in [1.807, 2.05) is 0 Å². The highest BCUT2D eigenvalue weighted by Gasteiger charge is 2.21. The minimum absolute atomic E-state index is 0.128. The highest BCUT2D eigenvalue weighted by atomic mass is 35.5. The van der Waals surface area contributed by atoms with Gasteiger partial charge < -0.3 is 18.6 Å². The third-order valence-electron chi connectivity index (χ3n) is 3.86. The third kappa shape index (κ3) is 4.13. The highest BCUT2D eigenvalue weighted by Crippen LogP contribution is 2.30. The van der Waals surface area contributed by atoms with E-state index in [4.69, 9.17) is 30.2 Å². The molecule has 0 spiro atoms. The number of hydrogen-bond acceptors (Lipinski definition) is 6. The molecular formula is C20H17ClO6. The largest absolute Gasteiger partial charge is 0.460 e. The van der Waals surface area contributed by atoms with Gasteiger partial charge in [0.05, 0.1) is 17.2 Å². The Bertz CT molecular complexity index is 991. The van der Waals surface area contributed by atoms with Crippen LogP contribution in [0.1, 0.15) is 26.5 Å². The van der Waals surface area contributed by atoms with Crippen LogP contribution in [0, 0.1) is 6.92 Å². The van der Waals surface area contributed by atoms with Crippen molar-refractivity contribution in [2.75, 3.05) is 20.3 Å². The molecule has 0 fully saturated rings. The first-order chi connectivity index (χ1) is 13.0. The van der Waals surface area contributed by atoms with E-state index < -0.39 is 11.9 Å². The van der Waals surface area contributed by atoms with E-state index in [0.29, 0.717) is 28.4 Å². The van der Waals surface area contributed by atoms with Crippen LogP contribution in [0.5, 0.6) is 5.75 Å². The summed E-state index contributed by atoms with van der Waals surface area (Å²) in [5, 5.41) is 0.796. The quantitative estimate of drug-likeness (QED) is 0.353. The molecule has 0 aliphatic rings. The highest BCUT2D eigenvalue weighted by molar-refractivity contribution is 6.33. The van der Waals surface area contributed by atoms with Crippen molar-refractivity contribution in [1.29, 1.82) is 0 Å². The maximum atomic E-state index is 12.4. The predicted molar refractivity (Wildman–Crippen MR) is 99.5 cm³/mol. The van der Waals surface area contributed by atoms with Crippen molar-refractivity contribution in [2.24, 2.45) is 0 Å². The maximum Gasteiger partial charge on any atom is 0.345 e. The zero-order chi connectivity index (χ0) is 19.4. The molecule has 1 aromatic heterocycles. The molecule has 0 aliphatic carbocycles. The van der Waals surface area contributed by atoms with Crippen LogP contribution in [0.15, 0.2) is 46.9 Å². The summed E-state index contributed by atoms with van der Waals surface area (Å²) >= 11 is 6.02. The first-order valence-corrected chi connectivity index (χ1v) is 8.55. The van der Waals surface area contributed by atoms with E-state index in [0.717, 1.165) is 0 Å². The van der Waals surface area contributed by atoms with E-state index >= 15 is 0 Å². The summed E-state index contributed by atoms with van der Waals surface area (Å²) in [6, 6.07) is 11.4. The summed E-state index contributed by atoms with van der Waals surface area (Å²) in [6.45, 7) is 2.09. The molecule has 6 nitrogen and oxygen atoms in total. The standard InChI is InChI=1S/C20H17ClO6/c1-12-18(20(23)25-10-9-24-2)15-11-13(7-8-17(15)26-12)27-19(22)14-5-3-4-6-16(14)21/h3-8,11H,9-10H2,1-2H3. The summed E-state index contributed by atoms with van der Waals surface area (Å²) in [4.78, 5) is 24.7. The fraction of sp³-hybridized carbons (Fsp3) is 0.200. The van der Waals surface area contributed by atoms with Crippen LogP contribution in [0.4, 0.5) is 0 Å². The number of ether oxygens (including phenoxy) is 3. The topological polar surface area (TPSA) is 75.0 Å². The molecule has 0 aliphatic heterocycles. The summed E-state index contributed by atoms with van der Waals surface area (Å²) in [5.41, 5.74) is 1.03. The van der Waals surface area contributed by atoms with E-state index in [2.05, 4.69) is 0 Å². The predicted octanol–water partition coefficient (Wildman–Crippen LogP) is 4.42. The number of halogens is 1. The fourth-order valence-electron chi connectivity index (χ4n) is 2.59. The Kier molecular flexibility index (Phi) is 5.78. The Morgan fingerprint density at radius 3 is 2.59 bits per heavy atom. The number of furan rings is 1. The number of fused-ring (bicyclic) bond motifs is 1. The van der Waals surface area contributed by atoms with Crippen molar-refractivity contribution < 1.29 is 28.2 Å². The molecule has 0 amide bonds. The molecule has 0 unspecified atom stereocenters. The van der Waals surface area contributed by atoms with Crippen LogP contribution in [-0.2, 0) is 9.47 Å². The molecule has 0 saturated carbocycles. The average molecular weight is 389 g/mol. The van der Waals surface area contributed by atoms with Gasteiger partial charge in [-0.2, -0.15) is 0 Å². The van der Waals surface area contributed by atoms with E-state index in [1.54, 1.807) is 49.4 Å². The number of hydrogen-bond donors (Lipinski definition) is 0. The monoisotopic (exact) mass is 388 g/mol. The number of aryl methyl sites for hydroxylation is 1. The maximum absolute atomic E-state index is 12.4. The molecule has 3 aromatic rings. The molecular weight excluding hydrogens is 372 g/mol. The summed E-state index contributed by atoms with van der Waals surface area (Å²) in [6.07, 6.45) is 0. The minimum atomic E-state index is -0.593. The normalized spacial score (nSPS) is 10.8. The smallest absolute Gasteiger partial charge is 0.345 e. The van der Waals surface area contributed by atoms with Crippen LogP contribution in [-0.4, -0.2) is 32.3 Å². The molecule has 0 atom stereocenters. The van der Waals surface area contributed by atoms with Gasteiger partial charge in [0, 0.05) is 12.5 Å². The van der Waals surface area contributed by atoms with Gasteiger partial charge in [0.2, 0.25) is 0 Å². The average Bonchev–Trinajstić information content (AvgIpc) is 2.97. The Balaban J connectivity index is 1.88. The van der Waals surface area contributed by atoms with Crippen LogP contribution in [0.25, 0.3) is 11.0 Å². The number of benzene rings is 2. The summed E-state index contributed by atoms with van der Waals surface area (Å²) in [7, 11) is 1.52. The van der Waals surface area contributed by atoms with Gasteiger partial charge in [-0.15, -0.1) is 0 Å². The Hall–Kier alpha value is -2.83. The van der Waals surface area contributed by atoms with E-state index in [1.165, 1.54) is 7.11 Å². The zero-order valence-corrected chi connectivity index (χ0v) is 15.5. The molecule has 1 heterocycles. The molecule has 27 heavy (non-hydrogen) atoms. The van der Waals surface area contributed by atoms with Crippen molar-refractivity contribution in [3.8, 4) is 5.75 Å². The first-order valence-electron chi connectivity index (χ1n) is 8.17. The lowest BCUT2D eigenvalue weighted by molar-refractivity contribution is 0.0388. The summed E-state index contributed by atoms with van der Waals surface area (Å²) in [5.74, 6) is -0.441. The number of carbonyl (C=O) groups is 2. The number of methoxy groups -OCH3 is 1. The van der Waals surface area contributed by atoms with Crippen LogP contribution >= 0.6 is 11.6 Å². The lowest BCUT2D eigenvalue weighted by atomic mass is 10.1. The van der Waals surface area contributed by atoms with Crippen molar-refractivity contribution in [3.63, 3.8) is 0 Å². The molecule has 0 N–H and O–H groups in total. The lowest BCUT2D eigenvalue weighted by Crippen LogP contribution is -2.11. The van der Waals surface area contributed by atoms with Crippen LogP contribution in [0.3, 0.4) is 0 Å². The second kappa shape index (κ2) is 8.24. The van der Waals surface area contributed by atoms with Crippen molar-refractivity contribution in [3.05, 3.63) is 64.4 Å². The second-order valence-corrected chi connectivity index (χ2v) is 6.10. The van der Waals surface area contributed by atoms with Gasteiger partial charge in [-0.3, -0.25) is 0 Å². The van der Waals surface area contributed by atoms with E-state index in [9.17, 15) is 9.59 Å². The van der Waals surface area contributed by atoms with Gasteiger partial charge in [0.15, 0.2) is 0 Å². The minimum Gasteiger partial charge on any atom is -0.460 e. The van der Waals surface area contributed by atoms with Gasteiger partial charge in [-0.25, -0.2) is 9.59 Å². The van der Waals surface area contributed by atoms with Gasteiger partial charge in [-0.05, 0) is 37.3 Å². The number of rotatable bonds is 6. The van der Waals surface area contributed by atoms with Crippen molar-refractivity contribution in [2.45, 2.75) is 6.92 Å². The van der Waals surface area contributed by atoms with E-state index in [-0.39, 0.29) is 23.5 Å². The molecule has 0 saturated heterocycles. The molecule has 140 valence electrons. The van der Waals surface area contributed by atoms with Crippen LogP contribution in [0.2, 0.25) is 5.02 Å². The SMILES string of the molecule is COCCOC(=O)c1c(C)oc2ccc(OC(=O)c3ccccc3Cl)cc12. The Morgan fingerprint density at radius 1 is 1.07 bits per heavy atom. The molecule has 0 bridgehead atoms. The van der Waals surface area contributed by atoms with Crippen LogP contribution < -0.4 is 4.74 Å². The zero-order valence-electron chi connectivity index (χ0n) is 14.8. The van der Waals surface area contributed by atoms with Gasteiger partial charge >= 0.3 is 11.9 Å². The summed E-state index contributed by atoms with van der Waals surface area (Å²) < 4.78 is 21.0. The first kappa shape index (κ1) is 18.9. The van der Waals surface area contributed by atoms with Gasteiger partial charge in [0.25, 0.3) is 0 Å². The van der Waals surface area contributed by atoms with Gasteiger partial charge in [-0.1, -0.05) is 23.7 Å².